The van der Waals surface area contributed by atoms with Gasteiger partial charge in [-0.1, -0.05) is 24.3 Å². The van der Waals surface area contributed by atoms with E-state index in [2.05, 4.69) is 25.1 Å². The largest absolute Gasteiger partial charge is 0.495 e. The van der Waals surface area contributed by atoms with Gasteiger partial charge in [0.25, 0.3) is 0 Å². The average molecular weight is 269 g/mol. The van der Waals surface area contributed by atoms with Crippen LogP contribution in [0.3, 0.4) is 0 Å². The molecule has 2 rings (SSSR count). The van der Waals surface area contributed by atoms with Gasteiger partial charge in [-0.3, -0.25) is 0 Å². The van der Waals surface area contributed by atoms with Crippen LogP contribution >= 0.6 is 11.8 Å². The fourth-order valence-electron chi connectivity index (χ4n) is 1.81. The van der Waals surface area contributed by atoms with Crippen LogP contribution in [0.5, 0.6) is 5.75 Å². The smallest absolute Gasteiger partial charge is 0.136 e. The van der Waals surface area contributed by atoms with E-state index in [4.69, 9.17) is 10.00 Å². The minimum Gasteiger partial charge on any atom is -0.495 e. The van der Waals surface area contributed by atoms with Crippen LogP contribution in [-0.4, -0.2) is 7.11 Å². The van der Waals surface area contributed by atoms with E-state index in [0.717, 1.165) is 11.3 Å². The van der Waals surface area contributed by atoms with E-state index in [1.807, 2.05) is 30.3 Å². The predicted octanol–water partition coefficient (Wildman–Crippen LogP) is 4.17. The maximum atomic E-state index is 9.07. The van der Waals surface area contributed by atoms with Gasteiger partial charge in [0, 0.05) is 10.6 Å². The van der Waals surface area contributed by atoms with Gasteiger partial charge in [0.15, 0.2) is 0 Å². The molecule has 0 heterocycles. The van der Waals surface area contributed by atoms with Crippen LogP contribution in [-0.2, 0) is 5.75 Å². The standard InChI is InChI=1S/C16H15NOS/c1-12-5-3-4-6-16(12)19-11-13-7-8-15(18-2)14(9-13)10-17/h3-9H,11H2,1-2H3. The summed E-state index contributed by atoms with van der Waals surface area (Å²) in [4.78, 5) is 1.27. The van der Waals surface area contributed by atoms with Crippen molar-refractivity contribution >= 4 is 11.8 Å². The number of ether oxygens (including phenoxy) is 1. The summed E-state index contributed by atoms with van der Waals surface area (Å²) in [5.41, 5.74) is 3.00. The van der Waals surface area contributed by atoms with Crippen molar-refractivity contribution in [2.75, 3.05) is 7.11 Å². The Morgan fingerprint density at radius 2 is 2.00 bits per heavy atom. The first-order valence-corrected chi connectivity index (χ1v) is 6.98. The summed E-state index contributed by atoms with van der Waals surface area (Å²) in [5.74, 6) is 1.48. The molecule has 2 nitrogen and oxygen atoms in total. The second kappa shape index (κ2) is 6.31. The summed E-state index contributed by atoms with van der Waals surface area (Å²) >= 11 is 1.78. The van der Waals surface area contributed by atoms with Gasteiger partial charge in [-0.2, -0.15) is 5.26 Å². The number of nitrogens with zero attached hydrogens (tertiary/aromatic N) is 1. The second-order valence-corrected chi connectivity index (χ2v) is 5.22. The SMILES string of the molecule is COc1ccc(CSc2ccccc2C)cc1C#N. The summed E-state index contributed by atoms with van der Waals surface area (Å²) < 4.78 is 5.14. The minimum atomic E-state index is 0.588. The van der Waals surface area contributed by atoms with E-state index in [-0.39, 0.29) is 0 Å². The van der Waals surface area contributed by atoms with Crippen LogP contribution in [0.2, 0.25) is 0 Å². The van der Waals surface area contributed by atoms with E-state index >= 15 is 0 Å². The zero-order valence-electron chi connectivity index (χ0n) is 11.0. The van der Waals surface area contributed by atoms with Crippen LogP contribution in [0.4, 0.5) is 0 Å². The number of methoxy groups -OCH3 is 1. The molecule has 0 radical (unpaired) electrons. The molecular weight excluding hydrogens is 254 g/mol. The van der Waals surface area contributed by atoms with Crippen LogP contribution in [0.15, 0.2) is 47.4 Å². The van der Waals surface area contributed by atoms with Crippen molar-refractivity contribution in [2.45, 2.75) is 17.6 Å². The summed E-state index contributed by atoms with van der Waals surface area (Å²) in [6, 6.07) is 16.2. The molecule has 0 aromatic heterocycles. The molecule has 0 N–H and O–H groups in total. The highest BCUT2D eigenvalue weighted by Crippen LogP contribution is 2.27. The molecule has 0 atom stereocenters. The first kappa shape index (κ1) is 13.5. The summed E-state index contributed by atoms with van der Waals surface area (Å²) in [6.45, 7) is 2.11. The molecule has 2 aromatic carbocycles. The second-order valence-electron chi connectivity index (χ2n) is 4.20. The molecule has 96 valence electrons. The van der Waals surface area contributed by atoms with Gasteiger partial charge in [0.2, 0.25) is 0 Å². The highest BCUT2D eigenvalue weighted by atomic mass is 32.2. The van der Waals surface area contributed by atoms with Gasteiger partial charge in [-0.05, 0) is 36.2 Å². The highest BCUT2D eigenvalue weighted by molar-refractivity contribution is 7.98. The molecule has 0 unspecified atom stereocenters. The van der Waals surface area contributed by atoms with Crippen molar-refractivity contribution < 1.29 is 4.74 Å². The fourth-order valence-corrected chi connectivity index (χ4v) is 2.78. The Balaban J connectivity index is 2.13. The van der Waals surface area contributed by atoms with Gasteiger partial charge in [-0.15, -0.1) is 11.8 Å². The molecule has 0 amide bonds. The number of aryl methyl sites for hydroxylation is 1. The van der Waals surface area contributed by atoms with Gasteiger partial charge in [0.1, 0.15) is 11.8 Å². The molecule has 0 saturated heterocycles. The van der Waals surface area contributed by atoms with Crippen LogP contribution in [0, 0.1) is 18.3 Å². The van der Waals surface area contributed by atoms with Crippen molar-refractivity contribution in [1.82, 2.24) is 0 Å². The summed E-state index contributed by atoms with van der Waals surface area (Å²) in [5, 5.41) is 9.07. The Morgan fingerprint density at radius 3 is 2.68 bits per heavy atom. The molecule has 3 heteroatoms. The molecule has 0 bridgehead atoms. The number of benzene rings is 2. The van der Waals surface area contributed by atoms with Crippen LogP contribution < -0.4 is 4.74 Å². The molecule has 0 spiro atoms. The summed E-state index contributed by atoms with van der Waals surface area (Å²) in [7, 11) is 1.58. The Morgan fingerprint density at radius 1 is 1.21 bits per heavy atom. The predicted molar refractivity (Wildman–Crippen MR) is 78.4 cm³/mol. The number of hydrogen-bond donors (Lipinski definition) is 0. The third kappa shape index (κ3) is 3.30. The first-order chi connectivity index (χ1) is 9.24. The molecular formula is C16H15NOS. The van der Waals surface area contributed by atoms with E-state index in [1.54, 1.807) is 18.9 Å². The maximum absolute atomic E-state index is 9.07. The maximum Gasteiger partial charge on any atom is 0.136 e. The molecule has 2 aromatic rings. The fraction of sp³-hybridized carbons (Fsp3) is 0.188. The Hall–Kier alpha value is -1.92. The van der Waals surface area contributed by atoms with Crippen molar-refractivity contribution in [3.63, 3.8) is 0 Å². The third-order valence-corrected chi connectivity index (χ3v) is 4.12. The molecule has 0 fully saturated rings. The lowest BCUT2D eigenvalue weighted by atomic mass is 10.1. The molecule has 0 saturated carbocycles. The number of thioether (sulfide) groups is 1. The summed E-state index contributed by atoms with van der Waals surface area (Å²) in [6.07, 6.45) is 0. The zero-order valence-corrected chi connectivity index (χ0v) is 11.8. The van der Waals surface area contributed by atoms with Gasteiger partial charge in [-0.25, -0.2) is 0 Å². The van der Waals surface area contributed by atoms with Crippen molar-refractivity contribution in [3.05, 3.63) is 59.2 Å². The van der Waals surface area contributed by atoms with Crippen molar-refractivity contribution in [1.29, 1.82) is 5.26 Å². The third-order valence-electron chi connectivity index (χ3n) is 2.87. The Labute approximate surface area is 118 Å². The Bertz CT molecular complexity index is 616. The minimum absolute atomic E-state index is 0.588. The van der Waals surface area contributed by atoms with E-state index in [1.165, 1.54) is 10.5 Å². The van der Waals surface area contributed by atoms with Crippen LogP contribution in [0.1, 0.15) is 16.7 Å². The molecule has 0 aliphatic heterocycles. The topological polar surface area (TPSA) is 33.0 Å². The van der Waals surface area contributed by atoms with Gasteiger partial charge in [0.05, 0.1) is 12.7 Å². The number of nitriles is 1. The van der Waals surface area contributed by atoms with E-state index in [0.29, 0.717) is 11.3 Å². The molecule has 0 aliphatic carbocycles. The van der Waals surface area contributed by atoms with E-state index < -0.39 is 0 Å². The number of hydrogen-bond acceptors (Lipinski definition) is 3. The van der Waals surface area contributed by atoms with Gasteiger partial charge >= 0.3 is 0 Å². The Kier molecular flexibility index (Phi) is 4.48. The zero-order chi connectivity index (χ0) is 13.7. The normalized spacial score (nSPS) is 9.95. The van der Waals surface area contributed by atoms with Gasteiger partial charge < -0.3 is 4.74 Å². The van der Waals surface area contributed by atoms with E-state index in [9.17, 15) is 0 Å². The lowest BCUT2D eigenvalue weighted by molar-refractivity contribution is 0.413. The lowest BCUT2D eigenvalue weighted by Crippen LogP contribution is -1.90. The van der Waals surface area contributed by atoms with Crippen LogP contribution in [0.25, 0.3) is 0 Å². The molecule has 19 heavy (non-hydrogen) atoms. The van der Waals surface area contributed by atoms with Crippen molar-refractivity contribution in [2.24, 2.45) is 0 Å². The lowest BCUT2D eigenvalue weighted by Gasteiger charge is -2.07. The first-order valence-electron chi connectivity index (χ1n) is 6.00. The quantitative estimate of drug-likeness (QED) is 0.781. The van der Waals surface area contributed by atoms with Crippen molar-refractivity contribution in [3.8, 4) is 11.8 Å². The number of rotatable bonds is 4. The monoisotopic (exact) mass is 269 g/mol. The highest BCUT2D eigenvalue weighted by Gasteiger charge is 2.05. The molecule has 0 aliphatic rings. The average Bonchev–Trinajstić information content (AvgIpc) is 2.46.